The molecule has 36 heavy (non-hydrogen) atoms. The predicted molar refractivity (Wildman–Crippen MR) is 133 cm³/mol. The van der Waals surface area contributed by atoms with Crippen molar-refractivity contribution in [3.63, 3.8) is 0 Å². The molecule has 4 aliphatic carbocycles. The summed E-state index contributed by atoms with van der Waals surface area (Å²) in [7, 11) is 0. The van der Waals surface area contributed by atoms with E-state index in [1.807, 2.05) is 19.9 Å². The van der Waals surface area contributed by atoms with E-state index in [9.17, 15) is 19.8 Å². The van der Waals surface area contributed by atoms with Crippen molar-refractivity contribution < 1.29 is 29.3 Å². The van der Waals surface area contributed by atoms with Crippen molar-refractivity contribution in [2.45, 2.75) is 103 Å². The summed E-state index contributed by atoms with van der Waals surface area (Å²) >= 11 is 0. The van der Waals surface area contributed by atoms with Gasteiger partial charge in [0, 0.05) is 23.3 Å². The highest BCUT2D eigenvalue weighted by Crippen LogP contribution is 2.70. The van der Waals surface area contributed by atoms with Crippen molar-refractivity contribution in [3.8, 4) is 0 Å². The second-order valence-corrected chi connectivity index (χ2v) is 13.5. The highest BCUT2D eigenvalue weighted by molar-refractivity contribution is 5.83. The molecular weight excluding hydrogens is 456 g/mol. The van der Waals surface area contributed by atoms with Crippen LogP contribution in [0.3, 0.4) is 0 Å². The van der Waals surface area contributed by atoms with Gasteiger partial charge >= 0.3 is 11.9 Å². The van der Waals surface area contributed by atoms with Gasteiger partial charge in [-0.3, -0.25) is 0 Å². The maximum absolute atomic E-state index is 12.5. The Morgan fingerprint density at radius 1 is 1.00 bits per heavy atom. The van der Waals surface area contributed by atoms with Crippen LogP contribution in [0.2, 0.25) is 0 Å². The zero-order valence-corrected chi connectivity index (χ0v) is 22.2. The van der Waals surface area contributed by atoms with Crippen LogP contribution in [0.25, 0.3) is 0 Å². The molecule has 2 aliphatic heterocycles. The number of esters is 2. The normalized spacial score (nSPS) is 49.2. The average Bonchev–Trinajstić information content (AvgIpc) is 3.12. The third-order valence-corrected chi connectivity index (χ3v) is 11.7. The molecule has 0 aromatic heterocycles. The molecule has 2 bridgehead atoms. The monoisotopic (exact) mass is 496 g/mol. The van der Waals surface area contributed by atoms with Crippen LogP contribution in [0.15, 0.2) is 34.9 Å². The number of carbonyl (C=O) groups excluding carboxylic acids is 2. The fraction of sp³-hybridized carbons (Fsp3) is 0.733. The average molecular weight is 497 g/mol. The lowest BCUT2D eigenvalue weighted by atomic mass is 9.52. The number of hydrogen-bond acceptors (Lipinski definition) is 6. The zero-order valence-electron chi connectivity index (χ0n) is 22.2. The summed E-state index contributed by atoms with van der Waals surface area (Å²) in [6.07, 6.45) is 10.9. The van der Waals surface area contributed by atoms with Gasteiger partial charge in [0.05, 0.1) is 6.10 Å². The topological polar surface area (TPSA) is 93.1 Å². The summed E-state index contributed by atoms with van der Waals surface area (Å²) in [4.78, 5) is 24.7. The van der Waals surface area contributed by atoms with Gasteiger partial charge in [-0.05, 0) is 94.1 Å². The van der Waals surface area contributed by atoms with Gasteiger partial charge in [0.1, 0.15) is 11.7 Å². The number of ether oxygens (including phenoxy) is 2. The minimum atomic E-state index is -1.42. The van der Waals surface area contributed by atoms with Gasteiger partial charge in [0.15, 0.2) is 5.60 Å². The van der Waals surface area contributed by atoms with Gasteiger partial charge in [-0.2, -0.15) is 0 Å². The Balaban J connectivity index is 1.37. The summed E-state index contributed by atoms with van der Waals surface area (Å²) in [6, 6.07) is 0. The Labute approximate surface area is 213 Å². The van der Waals surface area contributed by atoms with Crippen LogP contribution in [0, 0.1) is 34.5 Å². The van der Waals surface area contributed by atoms with E-state index in [0.717, 1.165) is 37.7 Å². The molecule has 0 spiro atoms. The molecule has 2 saturated carbocycles. The number of aliphatic hydroxyl groups excluding tert-OH is 1. The summed E-state index contributed by atoms with van der Waals surface area (Å²) in [6.45, 7) is 10.2. The highest BCUT2D eigenvalue weighted by atomic mass is 16.6. The molecule has 6 heteroatoms. The van der Waals surface area contributed by atoms with E-state index < -0.39 is 23.3 Å². The Morgan fingerprint density at radius 2 is 1.75 bits per heavy atom. The molecule has 1 saturated heterocycles. The first-order valence-electron chi connectivity index (χ1n) is 13.8. The van der Waals surface area contributed by atoms with E-state index >= 15 is 0 Å². The molecule has 6 nitrogen and oxygen atoms in total. The van der Waals surface area contributed by atoms with Crippen molar-refractivity contribution in [1.29, 1.82) is 0 Å². The SMILES string of the molecule is CC1(C)OC(=O)C=CC2=CC3=C(CC[C@H]21)[C@]1(C)[C@@H](O)CC([C@@H]2C[C@@H]4C[C@H]2OC(=O)[C@]4(C)O)[C@@]1(C)CC3. The minimum Gasteiger partial charge on any atom is -0.460 e. The Hall–Kier alpha value is -1.92. The first-order valence-corrected chi connectivity index (χ1v) is 13.8. The summed E-state index contributed by atoms with van der Waals surface area (Å²) < 4.78 is 11.6. The highest BCUT2D eigenvalue weighted by Gasteiger charge is 2.67. The standard InChI is InChI=1S/C30H40O6/c1-27(2)20-7-8-21-17(12-16(20)6-9-25(32)36-27)10-11-28(3)22(15-24(31)29(21,28)4)19-13-18-14-23(19)35-26(33)30(18,5)34/h6,9,12,18-20,22-24,31,34H,7-8,10-11,13-15H2,1-5H3/t18-,19+,20-,22?,23-,24+,28-,29-,30-/m1/s1. The van der Waals surface area contributed by atoms with Gasteiger partial charge in [-0.25, -0.2) is 9.59 Å². The fourth-order valence-corrected chi connectivity index (χ4v) is 9.27. The first kappa shape index (κ1) is 24.4. The molecule has 6 rings (SSSR count). The number of allylic oxidation sites excluding steroid dienone is 3. The van der Waals surface area contributed by atoms with Crippen LogP contribution in [0.1, 0.15) is 79.6 Å². The van der Waals surface area contributed by atoms with E-state index in [1.165, 1.54) is 11.1 Å². The lowest BCUT2D eigenvalue weighted by molar-refractivity contribution is -0.184. The maximum atomic E-state index is 12.5. The predicted octanol–water partition coefficient (Wildman–Crippen LogP) is 4.40. The van der Waals surface area contributed by atoms with Crippen molar-refractivity contribution in [2.24, 2.45) is 34.5 Å². The minimum absolute atomic E-state index is 0.0777. The third-order valence-electron chi connectivity index (χ3n) is 11.7. The van der Waals surface area contributed by atoms with Crippen LogP contribution in [-0.2, 0) is 19.1 Å². The summed E-state index contributed by atoms with van der Waals surface area (Å²) in [5.74, 6) is -0.370. The number of fused-ring (bicyclic) bond motifs is 5. The molecule has 0 amide bonds. The largest absolute Gasteiger partial charge is 0.460 e. The number of aliphatic hydroxyl groups is 2. The van der Waals surface area contributed by atoms with E-state index in [0.29, 0.717) is 12.8 Å². The van der Waals surface area contributed by atoms with Gasteiger partial charge < -0.3 is 19.7 Å². The van der Waals surface area contributed by atoms with Crippen molar-refractivity contribution >= 4 is 11.9 Å². The van der Waals surface area contributed by atoms with Crippen LogP contribution in [0.4, 0.5) is 0 Å². The Morgan fingerprint density at radius 3 is 2.50 bits per heavy atom. The van der Waals surface area contributed by atoms with Crippen LogP contribution < -0.4 is 0 Å². The van der Waals surface area contributed by atoms with E-state index in [-0.39, 0.29) is 46.6 Å². The molecule has 2 heterocycles. The van der Waals surface area contributed by atoms with Gasteiger partial charge in [-0.15, -0.1) is 0 Å². The Kier molecular flexibility index (Phi) is 5.13. The molecule has 0 aromatic rings. The molecule has 196 valence electrons. The summed E-state index contributed by atoms with van der Waals surface area (Å²) in [5, 5.41) is 22.5. The number of rotatable bonds is 1. The lowest BCUT2D eigenvalue weighted by Crippen LogP contribution is -2.49. The molecule has 6 aliphatic rings. The smallest absolute Gasteiger partial charge is 0.338 e. The Bertz CT molecular complexity index is 1110. The number of cyclic esters (lactones) is 1. The molecule has 9 atom stereocenters. The van der Waals surface area contributed by atoms with E-state index in [2.05, 4.69) is 19.9 Å². The molecule has 1 unspecified atom stereocenters. The van der Waals surface area contributed by atoms with E-state index in [4.69, 9.17) is 9.47 Å². The van der Waals surface area contributed by atoms with Crippen LogP contribution >= 0.6 is 0 Å². The maximum Gasteiger partial charge on any atom is 0.338 e. The second-order valence-electron chi connectivity index (χ2n) is 13.5. The summed E-state index contributed by atoms with van der Waals surface area (Å²) in [5.41, 5.74) is 1.29. The molecule has 2 N–H and O–H groups in total. The van der Waals surface area contributed by atoms with Gasteiger partial charge in [0.25, 0.3) is 0 Å². The first-order chi connectivity index (χ1) is 16.8. The van der Waals surface area contributed by atoms with Crippen molar-refractivity contribution in [2.75, 3.05) is 0 Å². The molecule has 0 aromatic carbocycles. The van der Waals surface area contributed by atoms with Gasteiger partial charge in [0.2, 0.25) is 0 Å². The van der Waals surface area contributed by atoms with Crippen molar-refractivity contribution in [3.05, 3.63) is 34.9 Å². The van der Waals surface area contributed by atoms with Gasteiger partial charge in [-0.1, -0.05) is 31.6 Å². The molecular formula is C30H40O6. The second kappa shape index (κ2) is 7.57. The lowest BCUT2D eigenvalue weighted by Gasteiger charge is -2.52. The third kappa shape index (κ3) is 3.09. The molecule has 3 fully saturated rings. The fourth-order valence-electron chi connectivity index (χ4n) is 9.27. The van der Waals surface area contributed by atoms with Crippen LogP contribution in [-0.4, -0.2) is 45.6 Å². The zero-order chi connectivity index (χ0) is 25.8. The molecule has 0 radical (unpaired) electrons. The van der Waals surface area contributed by atoms with Crippen molar-refractivity contribution in [1.82, 2.24) is 0 Å². The quantitative estimate of drug-likeness (QED) is 0.523. The van der Waals surface area contributed by atoms with Crippen LogP contribution in [0.5, 0.6) is 0 Å². The number of hydrogen-bond donors (Lipinski definition) is 2. The van der Waals surface area contributed by atoms with E-state index in [1.54, 1.807) is 13.0 Å². The number of carbonyl (C=O) groups is 2.